The summed E-state index contributed by atoms with van der Waals surface area (Å²) < 4.78 is 0. The fourth-order valence-electron chi connectivity index (χ4n) is 2.84. The lowest BCUT2D eigenvalue weighted by molar-refractivity contribution is -0.129. The summed E-state index contributed by atoms with van der Waals surface area (Å²) in [7, 11) is 0. The van der Waals surface area contributed by atoms with Crippen LogP contribution in [0.4, 0.5) is 0 Å². The highest BCUT2D eigenvalue weighted by molar-refractivity contribution is 5.85. The average molecular weight is 210 g/mol. The lowest BCUT2D eigenvalue weighted by atomic mass is 9.69. The largest absolute Gasteiger partial charge is 0.368 e. The van der Waals surface area contributed by atoms with E-state index in [2.05, 4.69) is 19.2 Å². The second-order valence-electron chi connectivity index (χ2n) is 5.54. The van der Waals surface area contributed by atoms with Gasteiger partial charge in [0, 0.05) is 6.04 Å². The van der Waals surface area contributed by atoms with Crippen LogP contribution in [0.2, 0.25) is 0 Å². The first-order valence-corrected chi connectivity index (χ1v) is 6.12. The monoisotopic (exact) mass is 210 g/mol. The van der Waals surface area contributed by atoms with Crippen LogP contribution in [0.5, 0.6) is 0 Å². The molecule has 15 heavy (non-hydrogen) atoms. The van der Waals surface area contributed by atoms with E-state index in [1.54, 1.807) is 0 Å². The normalized spacial score (nSPS) is 41.5. The molecule has 2 aliphatic carbocycles. The van der Waals surface area contributed by atoms with E-state index >= 15 is 0 Å². The van der Waals surface area contributed by atoms with E-state index < -0.39 is 5.54 Å². The van der Waals surface area contributed by atoms with Gasteiger partial charge in [0.2, 0.25) is 5.91 Å². The first-order chi connectivity index (χ1) is 7.04. The highest BCUT2D eigenvalue weighted by Gasteiger charge is 2.47. The highest BCUT2D eigenvalue weighted by Crippen LogP contribution is 2.39. The molecule has 0 aromatic heterocycles. The number of carbonyl (C=O) groups is 1. The molecule has 0 aromatic carbocycles. The van der Waals surface area contributed by atoms with Crippen LogP contribution in [0.15, 0.2) is 0 Å². The molecule has 2 fully saturated rings. The van der Waals surface area contributed by atoms with Crippen molar-refractivity contribution < 1.29 is 4.79 Å². The second kappa shape index (κ2) is 3.78. The number of nitrogens with one attached hydrogen (secondary N) is 1. The molecule has 0 aromatic rings. The lowest BCUT2D eigenvalue weighted by Gasteiger charge is -2.43. The van der Waals surface area contributed by atoms with Gasteiger partial charge in [-0.2, -0.15) is 0 Å². The Hall–Kier alpha value is -0.570. The number of rotatable bonds is 3. The standard InChI is InChI=1S/C12H22N2O/c1-8-3-4-9(2)12(7-8,11(13)15)14-10-5-6-10/h8-10,14H,3-7H2,1-2H3,(H2,13,15). The SMILES string of the molecule is CC1CCC(C)C(NC2CC2)(C(N)=O)C1. The van der Waals surface area contributed by atoms with E-state index in [0.717, 1.165) is 12.8 Å². The summed E-state index contributed by atoms with van der Waals surface area (Å²) in [5.41, 5.74) is 5.21. The minimum absolute atomic E-state index is 0.145. The number of carbonyl (C=O) groups excluding carboxylic acids is 1. The molecular formula is C12H22N2O. The third kappa shape index (κ3) is 2.03. The van der Waals surface area contributed by atoms with Crippen LogP contribution in [0.1, 0.15) is 46.0 Å². The minimum Gasteiger partial charge on any atom is -0.368 e. The van der Waals surface area contributed by atoms with Crippen molar-refractivity contribution in [3.05, 3.63) is 0 Å². The molecule has 3 unspecified atom stereocenters. The molecule has 0 radical (unpaired) electrons. The predicted molar refractivity (Wildman–Crippen MR) is 60.3 cm³/mol. The smallest absolute Gasteiger partial charge is 0.238 e. The Labute approximate surface area is 91.8 Å². The molecular weight excluding hydrogens is 188 g/mol. The van der Waals surface area contributed by atoms with Crippen LogP contribution >= 0.6 is 0 Å². The zero-order valence-corrected chi connectivity index (χ0v) is 9.75. The Morgan fingerprint density at radius 1 is 1.27 bits per heavy atom. The van der Waals surface area contributed by atoms with Gasteiger partial charge in [0.1, 0.15) is 5.54 Å². The fraction of sp³-hybridized carbons (Fsp3) is 0.917. The second-order valence-corrected chi connectivity index (χ2v) is 5.54. The molecule has 3 N–H and O–H groups in total. The van der Waals surface area contributed by atoms with E-state index in [4.69, 9.17) is 5.73 Å². The Kier molecular flexibility index (Phi) is 2.75. The predicted octanol–water partition coefficient (Wildman–Crippen LogP) is 1.42. The third-order valence-electron chi connectivity index (χ3n) is 4.08. The van der Waals surface area contributed by atoms with Crippen molar-refractivity contribution in [1.29, 1.82) is 0 Å². The molecule has 0 bridgehead atoms. The molecule has 0 aliphatic heterocycles. The summed E-state index contributed by atoms with van der Waals surface area (Å²) in [6, 6.07) is 0.547. The van der Waals surface area contributed by atoms with Crippen molar-refractivity contribution >= 4 is 5.91 Å². The maximum Gasteiger partial charge on any atom is 0.238 e. The maximum atomic E-state index is 11.8. The lowest BCUT2D eigenvalue weighted by Crippen LogP contribution is -2.62. The summed E-state index contributed by atoms with van der Waals surface area (Å²) in [5, 5.41) is 3.51. The maximum absolute atomic E-state index is 11.8. The minimum atomic E-state index is -0.418. The molecule has 3 atom stereocenters. The highest BCUT2D eigenvalue weighted by atomic mass is 16.1. The van der Waals surface area contributed by atoms with Gasteiger partial charge < -0.3 is 11.1 Å². The van der Waals surface area contributed by atoms with Gasteiger partial charge in [0.05, 0.1) is 0 Å². The van der Waals surface area contributed by atoms with Crippen LogP contribution in [0.3, 0.4) is 0 Å². The Balaban J connectivity index is 2.16. The van der Waals surface area contributed by atoms with Gasteiger partial charge in [0.15, 0.2) is 0 Å². The first kappa shape index (κ1) is 10.9. The number of hydrogen-bond donors (Lipinski definition) is 2. The number of hydrogen-bond acceptors (Lipinski definition) is 2. The summed E-state index contributed by atoms with van der Waals surface area (Å²) >= 11 is 0. The zero-order chi connectivity index (χ0) is 11.1. The summed E-state index contributed by atoms with van der Waals surface area (Å²) in [6.07, 6.45) is 5.67. The van der Waals surface area contributed by atoms with Crippen LogP contribution in [-0.4, -0.2) is 17.5 Å². The molecule has 86 valence electrons. The topological polar surface area (TPSA) is 55.1 Å². The van der Waals surface area contributed by atoms with Crippen LogP contribution in [0.25, 0.3) is 0 Å². The van der Waals surface area contributed by atoms with Gasteiger partial charge in [0.25, 0.3) is 0 Å². The van der Waals surface area contributed by atoms with Gasteiger partial charge in [-0.15, -0.1) is 0 Å². The van der Waals surface area contributed by atoms with Crippen molar-refractivity contribution in [3.8, 4) is 0 Å². The van der Waals surface area contributed by atoms with E-state index in [1.807, 2.05) is 0 Å². The van der Waals surface area contributed by atoms with E-state index in [1.165, 1.54) is 19.3 Å². The molecule has 3 nitrogen and oxygen atoms in total. The van der Waals surface area contributed by atoms with Gasteiger partial charge in [-0.05, 0) is 37.5 Å². The van der Waals surface area contributed by atoms with Crippen LogP contribution in [-0.2, 0) is 4.79 Å². The molecule has 2 aliphatic rings. The zero-order valence-electron chi connectivity index (χ0n) is 9.75. The molecule has 0 heterocycles. The van der Waals surface area contributed by atoms with Crippen molar-refractivity contribution in [2.45, 2.75) is 57.5 Å². The Morgan fingerprint density at radius 3 is 2.47 bits per heavy atom. The number of primary amides is 1. The third-order valence-corrected chi connectivity index (χ3v) is 4.08. The number of nitrogens with two attached hydrogens (primary N) is 1. The molecule has 1 amide bonds. The van der Waals surface area contributed by atoms with Gasteiger partial charge >= 0.3 is 0 Å². The van der Waals surface area contributed by atoms with Crippen molar-refractivity contribution in [2.75, 3.05) is 0 Å². The van der Waals surface area contributed by atoms with E-state index in [9.17, 15) is 4.79 Å². The first-order valence-electron chi connectivity index (χ1n) is 6.12. The van der Waals surface area contributed by atoms with E-state index in [0.29, 0.717) is 17.9 Å². The molecule has 0 spiro atoms. The van der Waals surface area contributed by atoms with Gasteiger partial charge in [-0.3, -0.25) is 4.79 Å². The Morgan fingerprint density at radius 2 is 1.93 bits per heavy atom. The molecule has 0 saturated heterocycles. The number of amides is 1. The molecule has 2 saturated carbocycles. The van der Waals surface area contributed by atoms with Gasteiger partial charge in [-0.1, -0.05) is 20.3 Å². The van der Waals surface area contributed by atoms with Gasteiger partial charge in [-0.25, -0.2) is 0 Å². The van der Waals surface area contributed by atoms with E-state index in [-0.39, 0.29) is 5.91 Å². The van der Waals surface area contributed by atoms with Crippen molar-refractivity contribution in [3.63, 3.8) is 0 Å². The van der Waals surface area contributed by atoms with Crippen molar-refractivity contribution in [2.24, 2.45) is 17.6 Å². The fourth-order valence-corrected chi connectivity index (χ4v) is 2.84. The quantitative estimate of drug-likeness (QED) is 0.740. The Bertz CT molecular complexity index is 258. The molecule has 3 heteroatoms. The summed E-state index contributed by atoms with van der Waals surface area (Å²) in [5.74, 6) is 0.847. The summed E-state index contributed by atoms with van der Waals surface area (Å²) in [6.45, 7) is 4.38. The van der Waals surface area contributed by atoms with Crippen LogP contribution < -0.4 is 11.1 Å². The van der Waals surface area contributed by atoms with Crippen LogP contribution in [0, 0.1) is 11.8 Å². The molecule has 2 rings (SSSR count). The summed E-state index contributed by atoms with van der Waals surface area (Å²) in [4.78, 5) is 11.8. The average Bonchev–Trinajstić information content (AvgIpc) is 2.95. The van der Waals surface area contributed by atoms with Crippen molar-refractivity contribution in [1.82, 2.24) is 5.32 Å².